The first kappa shape index (κ1) is 9.95. The molecule has 2 nitrogen and oxygen atoms in total. The molecule has 0 saturated heterocycles. The highest BCUT2D eigenvalue weighted by molar-refractivity contribution is 5.65. The molecule has 0 saturated carbocycles. The summed E-state index contributed by atoms with van der Waals surface area (Å²) in [5.41, 5.74) is 7.36. The average molecular weight is 153 g/mol. The highest BCUT2D eigenvalue weighted by Gasteiger charge is 1.86. The summed E-state index contributed by atoms with van der Waals surface area (Å²) in [5, 5.41) is 0. The van der Waals surface area contributed by atoms with Crippen LogP contribution in [-0.2, 0) is 4.79 Å². The molecule has 0 rings (SSSR count). The van der Waals surface area contributed by atoms with Crippen LogP contribution in [0, 0.1) is 0 Å². The van der Waals surface area contributed by atoms with Crippen molar-refractivity contribution in [2.75, 3.05) is 0 Å². The molecule has 11 heavy (non-hydrogen) atoms. The molecule has 0 aliphatic carbocycles. The lowest BCUT2D eigenvalue weighted by molar-refractivity contribution is -0.104. The lowest BCUT2D eigenvalue weighted by Crippen LogP contribution is -1.89. The van der Waals surface area contributed by atoms with Gasteiger partial charge in [-0.05, 0) is 32.8 Å². The molecule has 0 spiro atoms. The Bertz CT molecular complexity index is 176. The second-order valence-corrected chi connectivity index (χ2v) is 2.64. The van der Waals surface area contributed by atoms with Crippen molar-refractivity contribution in [3.05, 3.63) is 23.4 Å². The van der Waals surface area contributed by atoms with Crippen LogP contribution in [0.15, 0.2) is 23.4 Å². The van der Waals surface area contributed by atoms with Crippen LogP contribution in [0.2, 0.25) is 0 Å². The summed E-state index contributed by atoms with van der Waals surface area (Å²) < 4.78 is 0. The zero-order chi connectivity index (χ0) is 8.69. The smallest absolute Gasteiger partial charge is 0.142 e. The average Bonchev–Trinajstić information content (AvgIpc) is 1.87. The Labute approximate surface area is 67.8 Å². The predicted octanol–water partition coefficient (Wildman–Crippen LogP) is 1.77. The molecule has 0 amide bonds. The summed E-state index contributed by atoms with van der Waals surface area (Å²) >= 11 is 0. The maximum Gasteiger partial charge on any atom is 0.142 e. The van der Waals surface area contributed by atoms with Crippen LogP contribution in [0.3, 0.4) is 0 Å². The number of hydrogen-bond acceptors (Lipinski definition) is 2. The van der Waals surface area contributed by atoms with Crippen LogP contribution in [0.1, 0.15) is 26.7 Å². The van der Waals surface area contributed by atoms with E-state index < -0.39 is 0 Å². The number of rotatable bonds is 4. The largest absolute Gasteiger partial charge is 0.403 e. The molecule has 0 fully saturated rings. The fraction of sp³-hybridized carbons (Fsp3) is 0.444. The molecule has 0 bridgehead atoms. The minimum Gasteiger partial charge on any atom is -0.403 e. The maximum absolute atomic E-state index is 10.00. The van der Waals surface area contributed by atoms with Gasteiger partial charge in [-0.2, -0.15) is 0 Å². The van der Waals surface area contributed by atoms with Crippen molar-refractivity contribution in [1.29, 1.82) is 0 Å². The minimum atomic E-state index is 0.814. The van der Waals surface area contributed by atoms with E-state index >= 15 is 0 Å². The molecule has 62 valence electrons. The van der Waals surface area contributed by atoms with Gasteiger partial charge in [0, 0.05) is 5.70 Å². The first-order chi connectivity index (χ1) is 5.16. The lowest BCUT2D eigenvalue weighted by Gasteiger charge is -1.95. The second-order valence-electron chi connectivity index (χ2n) is 2.64. The number of nitrogens with two attached hydrogens (primary N) is 1. The molecule has 0 aliphatic heterocycles. The fourth-order valence-electron chi connectivity index (χ4n) is 0.727. The van der Waals surface area contributed by atoms with E-state index in [2.05, 4.69) is 0 Å². The first-order valence-electron chi connectivity index (χ1n) is 3.70. The minimum absolute atomic E-state index is 0.814. The van der Waals surface area contributed by atoms with E-state index in [0.29, 0.717) is 0 Å². The van der Waals surface area contributed by atoms with Gasteiger partial charge in [0.2, 0.25) is 0 Å². The van der Waals surface area contributed by atoms with Crippen molar-refractivity contribution in [2.45, 2.75) is 26.7 Å². The SMILES string of the molecule is C/C(N)=C/CC/C(C)=C\C=O. The summed E-state index contributed by atoms with van der Waals surface area (Å²) in [7, 11) is 0. The van der Waals surface area contributed by atoms with Crippen molar-refractivity contribution >= 4 is 6.29 Å². The van der Waals surface area contributed by atoms with Crippen molar-refractivity contribution in [1.82, 2.24) is 0 Å². The number of allylic oxidation sites excluding steroid dienone is 4. The third-order valence-electron chi connectivity index (χ3n) is 1.36. The topological polar surface area (TPSA) is 43.1 Å². The Balaban J connectivity index is 3.63. The van der Waals surface area contributed by atoms with E-state index in [-0.39, 0.29) is 0 Å². The quantitative estimate of drug-likeness (QED) is 0.494. The van der Waals surface area contributed by atoms with Gasteiger partial charge in [0.1, 0.15) is 6.29 Å². The normalized spacial score (nSPS) is 13.3. The lowest BCUT2D eigenvalue weighted by atomic mass is 10.1. The molecular formula is C9H15NO. The van der Waals surface area contributed by atoms with Gasteiger partial charge in [-0.3, -0.25) is 4.79 Å². The molecule has 0 aromatic carbocycles. The third-order valence-corrected chi connectivity index (χ3v) is 1.36. The van der Waals surface area contributed by atoms with E-state index in [1.165, 1.54) is 0 Å². The maximum atomic E-state index is 10.00. The van der Waals surface area contributed by atoms with Crippen molar-refractivity contribution in [3.63, 3.8) is 0 Å². The van der Waals surface area contributed by atoms with Crippen LogP contribution in [-0.4, -0.2) is 6.29 Å². The highest BCUT2D eigenvalue weighted by Crippen LogP contribution is 2.03. The van der Waals surface area contributed by atoms with Crippen LogP contribution in [0.4, 0.5) is 0 Å². The van der Waals surface area contributed by atoms with Crippen molar-refractivity contribution in [2.24, 2.45) is 5.73 Å². The van der Waals surface area contributed by atoms with Crippen molar-refractivity contribution < 1.29 is 4.79 Å². The summed E-state index contributed by atoms with van der Waals surface area (Å²) in [6.07, 6.45) is 6.18. The van der Waals surface area contributed by atoms with Crippen molar-refractivity contribution in [3.8, 4) is 0 Å². The standard InChI is InChI=1S/C9H15NO/c1-8(6-7-11)4-3-5-9(2)10/h5-7H,3-4,10H2,1-2H3/b8-6-,9-5-. The predicted molar refractivity (Wildman–Crippen MR) is 47.0 cm³/mol. The van der Waals surface area contributed by atoms with E-state index in [1.807, 2.05) is 19.9 Å². The molecule has 0 radical (unpaired) electrons. The summed E-state index contributed by atoms with van der Waals surface area (Å²) in [4.78, 5) is 10.00. The van der Waals surface area contributed by atoms with Gasteiger partial charge in [-0.25, -0.2) is 0 Å². The fourth-order valence-corrected chi connectivity index (χ4v) is 0.727. The Kier molecular flexibility index (Phi) is 5.17. The summed E-state index contributed by atoms with van der Waals surface area (Å²) in [6.45, 7) is 3.80. The van der Waals surface area contributed by atoms with E-state index in [1.54, 1.807) is 6.08 Å². The molecule has 0 aromatic rings. The molecule has 0 heterocycles. The molecule has 0 unspecified atom stereocenters. The Morgan fingerprint density at radius 1 is 1.45 bits per heavy atom. The van der Waals surface area contributed by atoms with Crippen LogP contribution >= 0.6 is 0 Å². The third kappa shape index (κ3) is 6.84. The number of carbonyl (C=O) groups is 1. The van der Waals surface area contributed by atoms with Gasteiger partial charge < -0.3 is 5.73 Å². The van der Waals surface area contributed by atoms with Gasteiger partial charge in [0.15, 0.2) is 0 Å². The monoisotopic (exact) mass is 153 g/mol. The zero-order valence-electron chi connectivity index (χ0n) is 7.13. The number of aldehydes is 1. The zero-order valence-corrected chi connectivity index (χ0v) is 7.13. The summed E-state index contributed by atoms with van der Waals surface area (Å²) in [5.74, 6) is 0. The van der Waals surface area contributed by atoms with Gasteiger partial charge >= 0.3 is 0 Å². The van der Waals surface area contributed by atoms with Gasteiger partial charge in [-0.15, -0.1) is 0 Å². The molecule has 0 aromatic heterocycles. The summed E-state index contributed by atoms with van der Waals surface area (Å²) in [6, 6.07) is 0. The van der Waals surface area contributed by atoms with Gasteiger partial charge in [0.05, 0.1) is 0 Å². The Morgan fingerprint density at radius 2 is 2.09 bits per heavy atom. The molecule has 0 aliphatic rings. The van der Waals surface area contributed by atoms with E-state index in [4.69, 9.17) is 5.73 Å². The number of carbonyl (C=O) groups excluding carboxylic acids is 1. The van der Waals surface area contributed by atoms with Crippen LogP contribution < -0.4 is 5.73 Å². The van der Waals surface area contributed by atoms with Gasteiger partial charge in [-0.1, -0.05) is 11.6 Å². The molecule has 2 N–H and O–H groups in total. The van der Waals surface area contributed by atoms with Crippen LogP contribution in [0.5, 0.6) is 0 Å². The van der Waals surface area contributed by atoms with Gasteiger partial charge in [0.25, 0.3) is 0 Å². The van der Waals surface area contributed by atoms with Crippen LogP contribution in [0.25, 0.3) is 0 Å². The molecule has 2 heteroatoms. The Hall–Kier alpha value is -1.05. The van der Waals surface area contributed by atoms with E-state index in [9.17, 15) is 4.79 Å². The molecular weight excluding hydrogens is 138 g/mol. The second kappa shape index (κ2) is 5.71. The highest BCUT2D eigenvalue weighted by atomic mass is 16.1. The Morgan fingerprint density at radius 3 is 2.55 bits per heavy atom. The van der Waals surface area contributed by atoms with E-state index in [0.717, 1.165) is 30.4 Å². The number of hydrogen-bond donors (Lipinski definition) is 1. The first-order valence-corrected chi connectivity index (χ1v) is 3.70. The molecule has 0 atom stereocenters.